The number of hydrogen-bond donors (Lipinski definition) is 1. The van der Waals surface area contributed by atoms with E-state index in [1.165, 1.54) is 4.90 Å². The molecule has 0 radical (unpaired) electrons. The van der Waals surface area contributed by atoms with Crippen molar-refractivity contribution in [1.82, 2.24) is 9.80 Å². The Morgan fingerprint density at radius 2 is 1.71 bits per heavy atom. The van der Waals surface area contributed by atoms with E-state index in [9.17, 15) is 14.4 Å². The first-order valence-electron chi connectivity index (χ1n) is 11.8. The van der Waals surface area contributed by atoms with Crippen molar-refractivity contribution < 1.29 is 24.2 Å². The molecule has 1 spiro atoms. The van der Waals surface area contributed by atoms with Gasteiger partial charge in [-0.1, -0.05) is 48.5 Å². The maximum absolute atomic E-state index is 13.7. The van der Waals surface area contributed by atoms with Crippen LogP contribution < -0.4 is 0 Å². The van der Waals surface area contributed by atoms with Crippen LogP contribution in [-0.4, -0.2) is 59.1 Å². The molecular weight excluding hydrogens is 432 g/mol. The fourth-order valence-corrected chi connectivity index (χ4v) is 5.77. The van der Waals surface area contributed by atoms with Crippen LogP contribution in [0.3, 0.4) is 0 Å². The third kappa shape index (κ3) is 3.14. The topological polar surface area (TPSA) is 87.2 Å². The molecule has 1 saturated heterocycles. The molecule has 1 unspecified atom stereocenters. The summed E-state index contributed by atoms with van der Waals surface area (Å²) in [6.07, 6.45) is 4.03. The zero-order valence-corrected chi connectivity index (χ0v) is 18.8. The standard InChI is InChI=1S/C27H26N2O5/c30-23-21-3-1-2-4-22(21)27(34-23)13-16-29(17-27)24(31)26(11-12-26)20-7-5-18(6-8-20)19-9-14-28(15-10-19)25(32)33/h1-9H,10-17H2,(H,32,33). The molecule has 7 heteroatoms. The largest absolute Gasteiger partial charge is 0.465 e. The van der Waals surface area contributed by atoms with Crippen LogP contribution in [0.2, 0.25) is 0 Å². The molecule has 2 amide bonds. The number of fused-ring (bicyclic) bond motifs is 2. The van der Waals surface area contributed by atoms with Gasteiger partial charge in [-0.2, -0.15) is 0 Å². The first-order valence-corrected chi connectivity index (χ1v) is 11.8. The van der Waals surface area contributed by atoms with Crippen molar-refractivity contribution >= 4 is 23.5 Å². The quantitative estimate of drug-likeness (QED) is 0.708. The molecule has 3 heterocycles. The molecule has 0 bridgehead atoms. The van der Waals surface area contributed by atoms with Crippen molar-refractivity contribution in [3.63, 3.8) is 0 Å². The SMILES string of the molecule is O=C1OC2(CCN(C(=O)C3(c4ccc(C5=CCN(C(=O)O)CC5)cc4)CC3)C2)c2ccccc21. The summed E-state index contributed by atoms with van der Waals surface area (Å²) in [7, 11) is 0. The van der Waals surface area contributed by atoms with Gasteiger partial charge in [0.05, 0.1) is 17.5 Å². The third-order valence-electron chi connectivity index (χ3n) is 7.89. The normalized spacial score (nSPS) is 24.6. The maximum atomic E-state index is 13.7. The van der Waals surface area contributed by atoms with Crippen LogP contribution >= 0.6 is 0 Å². The van der Waals surface area contributed by atoms with E-state index in [0.717, 1.165) is 35.1 Å². The summed E-state index contributed by atoms with van der Waals surface area (Å²) in [6, 6.07) is 15.7. The third-order valence-corrected chi connectivity index (χ3v) is 7.89. The van der Waals surface area contributed by atoms with Gasteiger partial charge in [0.15, 0.2) is 5.60 Å². The van der Waals surface area contributed by atoms with Crippen molar-refractivity contribution in [2.45, 2.75) is 36.7 Å². The molecule has 1 saturated carbocycles. The van der Waals surface area contributed by atoms with Gasteiger partial charge in [-0.15, -0.1) is 0 Å². The first-order chi connectivity index (χ1) is 16.4. The first kappa shape index (κ1) is 21.0. The van der Waals surface area contributed by atoms with Crippen LogP contribution in [0.25, 0.3) is 5.57 Å². The Morgan fingerprint density at radius 3 is 2.38 bits per heavy atom. The highest BCUT2D eigenvalue weighted by atomic mass is 16.6. The minimum Gasteiger partial charge on any atom is -0.465 e. The van der Waals surface area contributed by atoms with Gasteiger partial charge in [-0.25, -0.2) is 9.59 Å². The van der Waals surface area contributed by atoms with E-state index >= 15 is 0 Å². The summed E-state index contributed by atoms with van der Waals surface area (Å²) in [5, 5.41) is 9.13. The number of hydrogen-bond acceptors (Lipinski definition) is 4. The molecule has 1 aliphatic carbocycles. The number of carboxylic acid groups (broad SMARTS) is 1. The lowest BCUT2D eigenvalue weighted by atomic mass is 9.90. The molecule has 0 aromatic heterocycles. The van der Waals surface area contributed by atoms with Crippen molar-refractivity contribution in [1.29, 1.82) is 0 Å². The smallest absolute Gasteiger partial charge is 0.407 e. The molecule has 7 nitrogen and oxygen atoms in total. The summed E-state index contributed by atoms with van der Waals surface area (Å²) in [4.78, 5) is 40.5. The number of ether oxygens (including phenoxy) is 1. The maximum Gasteiger partial charge on any atom is 0.407 e. The fourth-order valence-electron chi connectivity index (χ4n) is 5.77. The predicted octanol–water partition coefficient (Wildman–Crippen LogP) is 3.78. The summed E-state index contributed by atoms with van der Waals surface area (Å²) < 4.78 is 5.83. The fraction of sp³-hybridized carbons (Fsp3) is 0.370. The Bertz CT molecular complexity index is 1230. The second kappa shape index (κ2) is 7.45. The molecule has 2 aromatic carbocycles. The van der Waals surface area contributed by atoms with E-state index in [2.05, 4.69) is 0 Å². The van der Waals surface area contributed by atoms with Crippen LogP contribution in [0.4, 0.5) is 4.79 Å². The Kier molecular flexibility index (Phi) is 4.59. The Balaban J connectivity index is 1.19. The van der Waals surface area contributed by atoms with Crippen molar-refractivity contribution in [3.05, 3.63) is 76.9 Å². The molecule has 34 heavy (non-hydrogen) atoms. The number of esters is 1. The highest BCUT2D eigenvalue weighted by Crippen LogP contribution is 2.52. The van der Waals surface area contributed by atoms with E-state index in [0.29, 0.717) is 44.6 Å². The highest BCUT2D eigenvalue weighted by molar-refractivity contribution is 5.96. The Hall–Kier alpha value is -3.61. The molecule has 1 N–H and O–H groups in total. The molecule has 2 fully saturated rings. The van der Waals surface area contributed by atoms with Crippen LogP contribution in [0.1, 0.15) is 52.7 Å². The molecule has 1 atom stereocenters. The number of likely N-dealkylation sites (tertiary alicyclic amines) is 1. The number of carbonyl (C=O) groups excluding carboxylic acids is 2. The minimum absolute atomic E-state index is 0.117. The van der Waals surface area contributed by atoms with E-state index in [1.807, 2.05) is 53.4 Å². The average molecular weight is 459 g/mol. The lowest BCUT2D eigenvalue weighted by Gasteiger charge is -2.27. The molecule has 3 aliphatic heterocycles. The summed E-state index contributed by atoms with van der Waals surface area (Å²) in [6.45, 7) is 1.88. The summed E-state index contributed by atoms with van der Waals surface area (Å²) >= 11 is 0. The second-order valence-corrected chi connectivity index (χ2v) is 9.77. The predicted molar refractivity (Wildman–Crippen MR) is 124 cm³/mol. The molecule has 174 valence electrons. The van der Waals surface area contributed by atoms with Gasteiger partial charge in [0.25, 0.3) is 0 Å². The second-order valence-electron chi connectivity index (χ2n) is 9.77. The van der Waals surface area contributed by atoms with Crippen LogP contribution in [-0.2, 0) is 20.5 Å². The van der Waals surface area contributed by atoms with Crippen LogP contribution in [0, 0.1) is 0 Å². The van der Waals surface area contributed by atoms with Gasteiger partial charge >= 0.3 is 12.1 Å². The van der Waals surface area contributed by atoms with Gasteiger partial charge in [0.2, 0.25) is 5.91 Å². The molecule has 6 rings (SSSR count). The van der Waals surface area contributed by atoms with E-state index in [4.69, 9.17) is 9.84 Å². The molecule has 2 aromatic rings. The van der Waals surface area contributed by atoms with E-state index in [-0.39, 0.29) is 11.9 Å². The number of nitrogens with zero attached hydrogens (tertiary/aromatic N) is 2. The average Bonchev–Trinajstić information content (AvgIpc) is 3.50. The summed E-state index contributed by atoms with van der Waals surface area (Å²) in [5.74, 6) is -0.184. The van der Waals surface area contributed by atoms with Gasteiger partial charge in [-0.05, 0) is 42.0 Å². The van der Waals surface area contributed by atoms with Crippen molar-refractivity contribution in [2.24, 2.45) is 0 Å². The monoisotopic (exact) mass is 458 g/mol. The number of benzene rings is 2. The van der Waals surface area contributed by atoms with Crippen LogP contribution in [0.5, 0.6) is 0 Å². The van der Waals surface area contributed by atoms with E-state index in [1.54, 1.807) is 6.07 Å². The number of amides is 2. The van der Waals surface area contributed by atoms with Gasteiger partial charge in [0.1, 0.15) is 0 Å². The highest BCUT2D eigenvalue weighted by Gasteiger charge is 2.57. The Morgan fingerprint density at radius 1 is 0.941 bits per heavy atom. The van der Waals surface area contributed by atoms with Gasteiger partial charge < -0.3 is 19.6 Å². The van der Waals surface area contributed by atoms with Crippen molar-refractivity contribution in [2.75, 3.05) is 26.2 Å². The van der Waals surface area contributed by atoms with Crippen molar-refractivity contribution in [3.8, 4) is 0 Å². The molecular formula is C27H26N2O5. The molecule has 4 aliphatic rings. The Labute approximate surface area is 197 Å². The number of rotatable bonds is 3. The van der Waals surface area contributed by atoms with Gasteiger partial charge in [-0.3, -0.25) is 4.79 Å². The lowest BCUT2D eigenvalue weighted by Crippen LogP contribution is -2.40. The van der Waals surface area contributed by atoms with E-state index < -0.39 is 17.1 Å². The zero-order chi connectivity index (χ0) is 23.5. The minimum atomic E-state index is -0.889. The zero-order valence-electron chi connectivity index (χ0n) is 18.8. The van der Waals surface area contributed by atoms with Crippen LogP contribution in [0.15, 0.2) is 54.6 Å². The summed E-state index contributed by atoms with van der Waals surface area (Å²) in [5.41, 5.74) is 3.53. The van der Waals surface area contributed by atoms with Gasteiger partial charge in [0, 0.05) is 31.6 Å². The number of carbonyl (C=O) groups is 3. The lowest BCUT2D eigenvalue weighted by molar-refractivity contribution is -0.134.